The van der Waals surface area contributed by atoms with Crippen molar-refractivity contribution in [3.05, 3.63) is 107 Å². The molecule has 0 radical (unpaired) electrons. The third-order valence-corrected chi connectivity index (χ3v) is 6.74. The highest BCUT2D eigenvalue weighted by atomic mass is 16.5. The zero-order valence-electron chi connectivity index (χ0n) is 20.3. The number of aromatic hydroxyl groups is 7. The number of benzene rings is 4. The zero-order chi connectivity index (χ0) is 27.8. The average Bonchev–Trinajstić information content (AvgIpc) is 2.88. The molecule has 0 spiro atoms. The van der Waals surface area contributed by atoms with Crippen molar-refractivity contribution in [2.45, 2.75) is 12.3 Å². The molecule has 1 aliphatic rings. The van der Waals surface area contributed by atoms with Gasteiger partial charge in [-0.05, 0) is 41.0 Å². The van der Waals surface area contributed by atoms with Gasteiger partial charge in [-0.1, -0.05) is 24.3 Å². The molecule has 0 aliphatic carbocycles. The van der Waals surface area contributed by atoms with E-state index < -0.39 is 40.4 Å². The van der Waals surface area contributed by atoms with Gasteiger partial charge in [0, 0.05) is 42.2 Å². The van der Waals surface area contributed by atoms with Crippen LogP contribution in [-0.4, -0.2) is 41.5 Å². The van der Waals surface area contributed by atoms with E-state index in [9.17, 15) is 40.5 Å². The van der Waals surface area contributed by atoms with Crippen molar-refractivity contribution in [3.8, 4) is 46.0 Å². The maximum Gasteiger partial charge on any atom is 0.178 e. The summed E-state index contributed by atoms with van der Waals surface area (Å²) in [6.45, 7) is 0. The Bertz CT molecular complexity index is 1520. The molecule has 4 aromatic rings. The summed E-state index contributed by atoms with van der Waals surface area (Å²) in [6, 6.07) is 16.7. The third-order valence-electron chi connectivity index (χ3n) is 6.74. The van der Waals surface area contributed by atoms with Crippen molar-refractivity contribution in [1.29, 1.82) is 0 Å². The van der Waals surface area contributed by atoms with Gasteiger partial charge in [0.05, 0.1) is 12.2 Å². The topological polar surface area (TPSA) is 168 Å². The predicted octanol–water partition coefficient (Wildman–Crippen LogP) is 4.78. The summed E-state index contributed by atoms with van der Waals surface area (Å²) in [5.74, 6) is -4.63. The lowest BCUT2D eigenvalue weighted by molar-refractivity contribution is 0.0920. The van der Waals surface area contributed by atoms with Crippen LogP contribution < -0.4 is 4.74 Å². The van der Waals surface area contributed by atoms with E-state index in [0.29, 0.717) is 22.3 Å². The van der Waals surface area contributed by atoms with Gasteiger partial charge in [0.25, 0.3) is 0 Å². The summed E-state index contributed by atoms with van der Waals surface area (Å²) in [6.07, 6.45) is 1.34. The first-order chi connectivity index (χ1) is 18.6. The molecule has 0 amide bonds. The van der Waals surface area contributed by atoms with Gasteiger partial charge in [0.2, 0.25) is 0 Å². The van der Waals surface area contributed by atoms with Gasteiger partial charge in [-0.25, -0.2) is 0 Å². The third kappa shape index (κ3) is 4.85. The molecule has 9 heteroatoms. The summed E-state index contributed by atoms with van der Waals surface area (Å²) >= 11 is 0. The molecule has 0 saturated carbocycles. The van der Waals surface area contributed by atoms with Crippen LogP contribution in [0.15, 0.2) is 84.6 Å². The minimum Gasteiger partial charge on any atom is -0.508 e. The standard InChI is InChI=1S/C30H24O9/c31-18-5-1-15(2-6-18)27(16-3-7-19(32)8-4-16)28(30(38)29-24(36)11-20(33)12-25(29)37)17-9-22-23(35)10-21(34)13-26(22)39-14-17/h1-8,10-14,27-28,31-37H,9H2. The number of ether oxygens (including phenoxy) is 1. The number of allylic oxidation sites excluding steroid dienone is 1. The summed E-state index contributed by atoms with van der Waals surface area (Å²) in [4.78, 5) is 14.3. The molecule has 0 saturated heterocycles. The van der Waals surface area contributed by atoms with E-state index >= 15 is 0 Å². The van der Waals surface area contributed by atoms with Crippen LogP contribution in [0.2, 0.25) is 0 Å². The Morgan fingerprint density at radius 2 is 1.13 bits per heavy atom. The number of ketones is 1. The number of phenolic OH excluding ortho intramolecular Hbond substituents is 7. The zero-order valence-corrected chi connectivity index (χ0v) is 20.3. The lowest BCUT2D eigenvalue weighted by Gasteiger charge is -2.32. The molecule has 9 nitrogen and oxygen atoms in total. The Kier molecular flexibility index (Phi) is 6.41. The fourth-order valence-corrected chi connectivity index (χ4v) is 4.95. The molecule has 39 heavy (non-hydrogen) atoms. The van der Waals surface area contributed by atoms with Crippen molar-refractivity contribution >= 4 is 5.78 Å². The molecule has 5 rings (SSSR count). The fourth-order valence-electron chi connectivity index (χ4n) is 4.95. The highest BCUT2D eigenvalue weighted by molar-refractivity contribution is 6.05. The second-order valence-corrected chi connectivity index (χ2v) is 9.29. The highest BCUT2D eigenvalue weighted by Gasteiger charge is 2.39. The maximum absolute atomic E-state index is 14.3. The summed E-state index contributed by atoms with van der Waals surface area (Å²) < 4.78 is 5.73. The normalized spacial score (nSPS) is 13.3. The van der Waals surface area contributed by atoms with Crippen LogP contribution in [0.25, 0.3) is 0 Å². The first kappa shape index (κ1) is 25.3. The van der Waals surface area contributed by atoms with Gasteiger partial charge in [0.1, 0.15) is 51.6 Å². The monoisotopic (exact) mass is 528 g/mol. The predicted molar refractivity (Wildman–Crippen MR) is 140 cm³/mol. The molecule has 1 heterocycles. The lowest BCUT2D eigenvalue weighted by atomic mass is 9.72. The largest absolute Gasteiger partial charge is 0.508 e. The smallest absolute Gasteiger partial charge is 0.178 e. The number of rotatable bonds is 6. The number of fused-ring (bicyclic) bond motifs is 1. The highest BCUT2D eigenvalue weighted by Crippen LogP contribution is 2.46. The van der Waals surface area contributed by atoms with Crippen LogP contribution >= 0.6 is 0 Å². The summed E-state index contributed by atoms with van der Waals surface area (Å²) in [5, 5.41) is 71.2. The Balaban J connectivity index is 1.73. The maximum atomic E-state index is 14.3. The lowest BCUT2D eigenvalue weighted by Crippen LogP contribution is -2.28. The fraction of sp³-hybridized carbons (Fsp3) is 0.100. The molecule has 1 atom stereocenters. The van der Waals surface area contributed by atoms with Crippen molar-refractivity contribution in [3.63, 3.8) is 0 Å². The molecule has 1 aliphatic heterocycles. The van der Waals surface area contributed by atoms with Gasteiger partial charge >= 0.3 is 0 Å². The molecule has 7 N–H and O–H groups in total. The van der Waals surface area contributed by atoms with E-state index in [0.717, 1.165) is 18.2 Å². The SMILES string of the molecule is O=C(c1c(O)cc(O)cc1O)C(C1=COc2cc(O)cc(O)c2C1)C(c1ccc(O)cc1)c1ccc(O)cc1. The van der Waals surface area contributed by atoms with E-state index in [1.165, 1.54) is 36.6 Å². The van der Waals surface area contributed by atoms with Crippen molar-refractivity contribution < 1.29 is 45.3 Å². The van der Waals surface area contributed by atoms with E-state index in [1.54, 1.807) is 24.3 Å². The Labute approximate surface area is 222 Å². The molecule has 0 aromatic heterocycles. The Morgan fingerprint density at radius 3 is 1.67 bits per heavy atom. The van der Waals surface area contributed by atoms with Crippen molar-refractivity contribution in [2.75, 3.05) is 0 Å². The van der Waals surface area contributed by atoms with Crippen LogP contribution in [0.5, 0.6) is 46.0 Å². The summed E-state index contributed by atoms with van der Waals surface area (Å²) in [5.41, 5.74) is 1.42. The van der Waals surface area contributed by atoms with Crippen LogP contribution in [-0.2, 0) is 6.42 Å². The van der Waals surface area contributed by atoms with Gasteiger partial charge in [-0.15, -0.1) is 0 Å². The average molecular weight is 529 g/mol. The molecular formula is C30H24O9. The minimum atomic E-state index is -1.15. The number of Topliss-reactive ketones (excluding diaryl/α,β-unsaturated/α-hetero) is 1. The second-order valence-electron chi connectivity index (χ2n) is 9.29. The van der Waals surface area contributed by atoms with Gasteiger partial charge < -0.3 is 40.5 Å². The van der Waals surface area contributed by atoms with E-state index in [2.05, 4.69) is 0 Å². The quantitative estimate of drug-likeness (QED) is 0.174. The first-order valence-corrected chi connectivity index (χ1v) is 11.9. The van der Waals surface area contributed by atoms with Crippen LogP contribution in [0.4, 0.5) is 0 Å². The van der Waals surface area contributed by atoms with E-state index in [1.807, 2.05) is 0 Å². The van der Waals surface area contributed by atoms with Crippen molar-refractivity contribution in [2.24, 2.45) is 5.92 Å². The molecule has 4 aromatic carbocycles. The molecular weight excluding hydrogens is 504 g/mol. The van der Waals surface area contributed by atoms with Crippen LogP contribution in [0.1, 0.15) is 33.0 Å². The summed E-state index contributed by atoms with van der Waals surface area (Å²) in [7, 11) is 0. The molecule has 0 fully saturated rings. The van der Waals surface area contributed by atoms with Crippen LogP contribution in [0.3, 0.4) is 0 Å². The molecule has 198 valence electrons. The van der Waals surface area contributed by atoms with E-state index in [-0.39, 0.29) is 35.2 Å². The number of carbonyl (C=O) groups is 1. The van der Waals surface area contributed by atoms with Gasteiger partial charge in [-0.3, -0.25) is 4.79 Å². The number of carbonyl (C=O) groups excluding carboxylic acids is 1. The number of phenols is 7. The van der Waals surface area contributed by atoms with Crippen LogP contribution in [0, 0.1) is 5.92 Å². The number of hydrogen-bond acceptors (Lipinski definition) is 9. The molecule has 1 unspecified atom stereocenters. The second kappa shape index (κ2) is 9.86. The first-order valence-electron chi connectivity index (χ1n) is 11.9. The minimum absolute atomic E-state index is 0.00113. The molecule has 0 bridgehead atoms. The Morgan fingerprint density at radius 1 is 0.641 bits per heavy atom. The van der Waals surface area contributed by atoms with Gasteiger partial charge in [-0.2, -0.15) is 0 Å². The van der Waals surface area contributed by atoms with E-state index in [4.69, 9.17) is 4.74 Å². The van der Waals surface area contributed by atoms with Gasteiger partial charge in [0.15, 0.2) is 5.78 Å². The Hall–Kier alpha value is -5.31. The van der Waals surface area contributed by atoms with Crippen molar-refractivity contribution in [1.82, 2.24) is 0 Å². The number of hydrogen-bond donors (Lipinski definition) is 7.